The van der Waals surface area contributed by atoms with Crippen molar-refractivity contribution in [1.29, 1.82) is 0 Å². The van der Waals surface area contributed by atoms with Crippen molar-refractivity contribution in [2.75, 3.05) is 19.8 Å². The fourth-order valence-electron chi connectivity index (χ4n) is 2.42. The molecule has 0 aliphatic heterocycles. The van der Waals surface area contributed by atoms with Gasteiger partial charge in [0.1, 0.15) is 11.6 Å². The van der Waals surface area contributed by atoms with E-state index in [1.807, 2.05) is 38.1 Å². The topological polar surface area (TPSA) is 55.8 Å². The van der Waals surface area contributed by atoms with Gasteiger partial charge >= 0.3 is 5.97 Å². The van der Waals surface area contributed by atoms with Crippen LogP contribution in [0.4, 0.5) is 4.39 Å². The van der Waals surface area contributed by atoms with Crippen molar-refractivity contribution in [3.05, 3.63) is 65.5 Å². The summed E-state index contributed by atoms with van der Waals surface area (Å²) in [6.07, 6.45) is 0.0528. The number of benzene rings is 2. The molecule has 0 N–H and O–H groups in total. The zero-order valence-electron chi connectivity index (χ0n) is 15.6. The van der Waals surface area contributed by atoms with Crippen molar-refractivity contribution < 1.29 is 23.5 Å². The number of esters is 1. The molecule has 6 heteroatoms. The second-order valence-electron chi connectivity index (χ2n) is 6.11. The molecule has 2 aromatic carbocycles. The van der Waals surface area contributed by atoms with Crippen LogP contribution in [0.25, 0.3) is 0 Å². The summed E-state index contributed by atoms with van der Waals surface area (Å²) in [5, 5.41) is 0. The zero-order chi connectivity index (χ0) is 19.6. The summed E-state index contributed by atoms with van der Waals surface area (Å²) in [7, 11) is 0. The van der Waals surface area contributed by atoms with Gasteiger partial charge in [-0.15, -0.1) is 0 Å². The van der Waals surface area contributed by atoms with Crippen LogP contribution in [0.5, 0.6) is 5.75 Å². The van der Waals surface area contributed by atoms with E-state index in [1.54, 1.807) is 12.1 Å². The first-order valence-electron chi connectivity index (χ1n) is 8.85. The van der Waals surface area contributed by atoms with E-state index in [2.05, 4.69) is 0 Å². The molecule has 0 bridgehead atoms. The second-order valence-corrected chi connectivity index (χ2v) is 6.11. The molecule has 0 atom stereocenters. The Balaban J connectivity index is 1.72. The van der Waals surface area contributed by atoms with Gasteiger partial charge in [-0.3, -0.25) is 9.59 Å². The van der Waals surface area contributed by atoms with Crippen molar-refractivity contribution in [1.82, 2.24) is 4.90 Å². The standard InChI is InChI=1S/C21H24FNO4/c1-3-23(14-17-5-4-6-18(22)13-17)20(24)15-27-21(25)11-12-26-19-9-7-16(2)8-10-19/h4-10,13H,3,11-12,14-15H2,1-2H3. The third-order valence-electron chi connectivity index (χ3n) is 3.95. The first-order chi connectivity index (χ1) is 13.0. The SMILES string of the molecule is CCN(Cc1cccc(F)c1)C(=O)COC(=O)CCOc1ccc(C)cc1. The Bertz CT molecular complexity index is 761. The van der Waals surface area contributed by atoms with Crippen LogP contribution in [-0.4, -0.2) is 36.5 Å². The molecular formula is C21H24FNO4. The number of halogens is 1. The highest BCUT2D eigenvalue weighted by atomic mass is 19.1. The van der Waals surface area contributed by atoms with Crippen molar-refractivity contribution >= 4 is 11.9 Å². The normalized spacial score (nSPS) is 10.3. The molecule has 27 heavy (non-hydrogen) atoms. The number of carbonyl (C=O) groups is 2. The van der Waals surface area contributed by atoms with Gasteiger partial charge in [-0.1, -0.05) is 29.8 Å². The van der Waals surface area contributed by atoms with Crippen molar-refractivity contribution in [3.8, 4) is 5.75 Å². The van der Waals surface area contributed by atoms with Gasteiger partial charge in [0.2, 0.25) is 0 Å². The minimum Gasteiger partial charge on any atom is -0.493 e. The van der Waals surface area contributed by atoms with Crippen LogP contribution >= 0.6 is 0 Å². The van der Waals surface area contributed by atoms with E-state index in [0.717, 1.165) is 5.56 Å². The highest BCUT2D eigenvalue weighted by Gasteiger charge is 2.15. The molecule has 0 aromatic heterocycles. The Morgan fingerprint density at radius 2 is 1.85 bits per heavy atom. The number of rotatable bonds is 9. The lowest BCUT2D eigenvalue weighted by atomic mass is 10.2. The first-order valence-corrected chi connectivity index (χ1v) is 8.85. The lowest BCUT2D eigenvalue weighted by Crippen LogP contribution is -2.34. The molecule has 0 aliphatic carbocycles. The molecule has 1 amide bonds. The van der Waals surface area contributed by atoms with Crippen LogP contribution < -0.4 is 4.74 Å². The monoisotopic (exact) mass is 373 g/mol. The van der Waals surface area contributed by atoms with Crippen LogP contribution in [0, 0.1) is 12.7 Å². The summed E-state index contributed by atoms with van der Waals surface area (Å²) in [6.45, 7) is 4.33. The van der Waals surface area contributed by atoms with E-state index < -0.39 is 5.97 Å². The van der Waals surface area contributed by atoms with Gasteiger partial charge in [-0.25, -0.2) is 4.39 Å². The summed E-state index contributed by atoms with van der Waals surface area (Å²) in [5.41, 5.74) is 1.81. The number of hydrogen-bond donors (Lipinski definition) is 0. The maximum Gasteiger partial charge on any atom is 0.309 e. The number of carbonyl (C=O) groups excluding carboxylic acids is 2. The van der Waals surface area contributed by atoms with E-state index in [0.29, 0.717) is 17.9 Å². The van der Waals surface area contributed by atoms with Crippen molar-refractivity contribution in [2.24, 2.45) is 0 Å². The van der Waals surface area contributed by atoms with Gasteiger partial charge in [0.15, 0.2) is 6.61 Å². The maximum absolute atomic E-state index is 13.3. The third kappa shape index (κ3) is 7.09. The summed E-state index contributed by atoms with van der Waals surface area (Å²) in [5.74, 6) is -0.500. The molecule has 0 unspecified atom stereocenters. The molecule has 0 radical (unpaired) electrons. The fourth-order valence-corrected chi connectivity index (χ4v) is 2.42. The highest BCUT2D eigenvalue weighted by Crippen LogP contribution is 2.12. The van der Waals surface area contributed by atoms with Crippen molar-refractivity contribution in [3.63, 3.8) is 0 Å². The molecule has 0 aliphatic rings. The summed E-state index contributed by atoms with van der Waals surface area (Å²) in [4.78, 5) is 25.5. The zero-order valence-corrected chi connectivity index (χ0v) is 15.6. The average Bonchev–Trinajstić information content (AvgIpc) is 2.66. The highest BCUT2D eigenvalue weighted by molar-refractivity contribution is 5.80. The summed E-state index contributed by atoms with van der Waals surface area (Å²) in [6, 6.07) is 13.6. The van der Waals surface area contributed by atoms with Gasteiger partial charge in [0.05, 0.1) is 13.0 Å². The quantitative estimate of drug-likeness (QED) is 0.632. The summed E-state index contributed by atoms with van der Waals surface area (Å²) < 4.78 is 23.7. The number of likely N-dealkylation sites (N-methyl/N-ethyl adjacent to an activating group) is 1. The first kappa shape index (κ1) is 20.4. The van der Waals surface area contributed by atoms with Crippen molar-refractivity contribution in [2.45, 2.75) is 26.8 Å². The van der Waals surface area contributed by atoms with Gasteiger partial charge < -0.3 is 14.4 Å². The Kier molecular flexibility index (Phi) is 7.79. The Labute approximate surface area is 158 Å². The molecule has 0 heterocycles. The molecular weight excluding hydrogens is 349 g/mol. The van der Waals surface area contributed by atoms with Gasteiger partial charge in [0, 0.05) is 13.1 Å². The predicted octanol–water partition coefficient (Wildman–Crippen LogP) is 3.49. The van der Waals surface area contributed by atoms with E-state index >= 15 is 0 Å². The number of hydrogen-bond acceptors (Lipinski definition) is 4. The molecule has 0 fully saturated rings. The number of ether oxygens (including phenoxy) is 2. The molecule has 2 aromatic rings. The molecule has 0 saturated heterocycles. The van der Waals surface area contributed by atoms with E-state index in [9.17, 15) is 14.0 Å². The van der Waals surface area contributed by atoms with Crippen LogP contribution in [0.1, 0.15) is 24.5 Å². The fraction of sp³-hybridized carbons (Fsp3) is 0.333. The third-order valence-corrected chi connectivity index (χ3v) is 3.95. The summed E-state index contributed by atoms with van der Waals surface area (Å²) >= 11 is 0. The van der Waals surface area contributed by atoms with Crippen LogP contribution in [-0.2, 0) is 20.9 Å². The number of aryl methyl sites for hydroxylation is 1. The van der Waals surface area contributed by atoms with Gasteiger partial charge in [-0.2, -0.15) is 0 Å². The average molecular weight is 373 g/mol. The molecule has 0 spiro atoms. The van der Waals surface area contributed by atoms with Crippen LogP contribution in [0.2, 0.25) is 0 Å². The van der Waals surface area contributed by atoms with Gasteiger partial charge in [-0.05, 0) is 43.7 Å². The molecule has 5 nitrogen and oxygen atoms in total. The molecule has 2 rings (SSSR count). The lowest BCUT2D eigenvalue weighted by molar-refractivity contribution is -0.152. The van der Waals surface area contributed by atoms with E-state index in [1.165, 1.54) is 17.0 Å². The van der Waals surface area contributed by atoms with E-state index in [4.69, 9.17) is 9.47 Å². The second kappa shape index (κ2) is 10.3. The minimum absolute atomic E-state index is 0.0528. The van der Waals surface area contributed by atoms with Crippen LogP contribution in [0.3, 0.4) is 0 Å². The maximum atomic E-state index is 13.3. The Morgan fingerprint density at radius 3 is 2.52 bits per heavy atom. The number of amides is 1. The minimum atomic E-state index is -0.503. The largest absolute Gasteiger partial charge is 0.493 e. The van der Waals surface area contributed by atoms with Gasteiger partial charge in [0.25, 0.3) is 5.91 Å². The molecule has 144 valence electrons. The van der Waals surface area contributed by atoms with Crippen LogP contribution in [0.15, 0.2) is 48.5 Å². The van der Waals surface area contributed by atoms with E-state index in [-0.39, 0.29) is 37.9 Å². The molecule has 0 saturated carbocycles. The lowest BCUT2D eigenvalue weighted by Gasteiger charge is -2.21. The Hall–Kier alpha value is -2.89. The Morgan fingerprint density at radius 1 is 1.11 bits per heavy atom. The smallest absolute Gasteiger partial charge is 0.309 e. The predicted molar refractivity (Wildman–Crippen MR) is 99.7 cm³/mol. The number of nitrogens with zero attached hydrogens (tertiary/aromatic N) is 1.